The van der Waals surface area contributed by atoms with E-state index >= 15 is 0 Å². The summed E-state index contributed by atoms with van der Waals surface area (Å²) in [4.78, 5) is 17.2. The maximum atomic E-state index is 11.2. The van der Waals surface area contributed by atoms with Crippen molar-refractivity contribution in [3.8, 4) is 0 Å². The molecule has 0 aliphatic heterocycles. The molecule has 104 valence electrons. The number of benzene rings is 1. The Hall–Kier alpha value is -2.40. The van der Waals surface area contributed by atoms with Crippen molar-refractivity contribution in [2.45, 2.75) is 13.1 Å². The van der Waals surface area contributed by atoms with Gasteiger partial charge in [0.1, 0.15) is 0 Å². The molecule has 5 nitrogen and oxygen atoms in total. The average molecular weight is 270 g/mol. The minimum atomic E-state index is -0.353. The highest BCUT2D eigenvalue weighted by atomic mass is 16.1. The van der Waals surface area contributed by atoms with E-state index < -0.39 is 0 Å². The highest BCUT2D eigenvalue weighted by Crippen LogP contribution is 2.15. The van der Waals surface area contributed by atoms with E-state index in [2.05, 4.69) is 4.98 Å². The Morgan fingerprint density at radius 3 is 2.45 bits per heavy atom. The zero-order valence-electron chi connectivity index (χ0n) is 11.2. The van der Waals surface area contributed by atoms with Crippen LogP contribution in [0.5, 0.6) is 0 Å². The number of anilines is 1. The summed E-state index contributed by atoms with van der Waals surface area (Å²) in [5, 5.41) is 0. The van der Waals surface area contributed by atoms with E-state index in [0.29, 0.717) is 13.1 Å². The first-order chi connectivity index (χ1) is 9.65. The van der Waals surface area contributed by atoms with Crippen LogP contribution in [0.1, 0.15) is 11.1 Å². The lowest BCUT2D eigenvalue weighted by atomic mass is 10.1. The zero-order chi connectivity index (χ0) is 14.4. The summed E-state index contributed by atoms with van der Waals surface area (Å²) in [6.07, 6.45) is 3.46. The number of primary amides is 1. The number of hydrogen-bond acceptors (Lipinski definition) is 4. The second-order valence-electron chi connectivity index (χ2n) is 4.67. The number of nitrogens with two attached hydrogens (primary N) is 2. The second kappa shape index (κ2) is 6.68. The minimum absolute atomic E-state index is 0.191. The summed E-state index contributed by atoms with van der Waals surface area (Å²) in [5.41, 5.74) is 14.0. The van der Waals surface area contributed by atoms with Crippen molar-refractivity contribution < 1.29 is 4.79 Å². The Bertz CT molecular complexity index is 571. The molecule has 4 N–H and O–H groups in total. The number of hydrogen-bond donors (Lipinski definition) is 2. The van der Waals surface area contributed by atoms with Gasteiger partial charge in [0.2, 0.25) is 5.91 Å². The molecule has 20 heavy (non-hydrogen) atoms. The number of rotatable bonds is 6. The predicted octanol–water partition coefficient (Wildman–Crippen LogP) is 1.15. The summed E-state index contributed by atoms with van der Waals surface area (Å²) in [5.74, 6) is -0.353. The molecule has 0 fully saturated rings. The summed E-state index contributed by atoms with van der Waals surface area (Å²) in [6.45, 7) is 1.40. The Kier molecular flexibility index (Phi) is 4.68. The first-order valence-electron chi connectivity index (χ1n) is 6.38. The lowest BCUT2D eigenvalue weighted by molar-refractivity contribution is -0.119. The molecule has 1 amide bonds. The van der Waals surface area contributed by atoms with E-state index in [9.17, 15) is 4.79 Å². The van der Waals surface area contributed by atoms with Crippen LogP contribution >= 0.6 is 0 Å². The number of carbonyl (C=O) groups is 1. The van der Waals surface area contributed by atoms with E-state index in [-0.39, 0.29) is 12.5 Å². The summed E-state index contributed by atoms with van der Waals surface area (Å²) in [6, 6.07) is 11.5. The third-order valence-corrected chi connectivity index (χ3v) is 2.98. The Morgan fingerprint density at radius 1 is 1.10 bits per heavy atom. The molecule has 0 saturated carbocycles. The molecule has 2 rings (SSSR count). The van der Waals surface area contributed by atoms with Crippen LogP contribution in [0.25, 0.3) is 0 Å². The topological polar surface area (TPSA) is 85.2 Å². The number of nitrogens with zero attached hydrogens (tertiary/aromatic N) is 2. The van der Waals surface area contributed by atoms with Gasteiger partial charge in [0.05, 0.1) is 6.54 Å². The molecule has 1 aromatic heterocycles. The third-order valence-electron chi connectivity index (χ3n) is 2.98. The van der Waals surface area contributed by atoms with Gasteiger partial charge < -0.3 is 11.5 Å². The first kappa shape index (κ1) is 14.0. The van der Waals surface area contributed by atoms with Gasteiger partial charge in [0.25, 0.3) is 0 Å². The average Bonchev–Trinajstić information content (AvgIpc) is 2.42. The number of pyridine rings is 1. The fourth-order valence-corrected chi connectivity index (χ4v) is 2.05. The van der Waals surface area contributed by atoms with Crippen molar-refractivity contribution >= 4 is 11.6 Å². The van der Waals surface area contributed by atoms with Crippen molar-refractivity contribution in [1.82, 2.24) is 9.88 Å². The van der Waals surface area contributed by atoms with Gasteiger partial charge >= 0.3 is 0 Å². The van der Waals surface area contributed by atoms with Crippen LogP contribution in [0, 0.1) is 0 Å². The maximum Gasteiger partial charge on any atom is 0.231 e. The molecule has 2 aromatic rings. The largest absolute Gasteiger partial charge is 0.398 e. The van der Waals surface area contributed by atoms with Gasteiger partial charge in [0.15, 0.2) is 0 Å². The summed E-state index contributed by atoms with van der Waals surface area (Å²) >= 11 is 0. The van der Waals surface area contributed by atoms with Gasteiger partial charge in [-0.3, -0.25) is 14.7 Å². The highest BCUT2D eigenvalue weighted by molar-refractivity contribution is 5.75. The molecule has 0 atom stereocenters. The molecule has 0 radical (unpaired) electrons. The Labute approximate surface area is 118 Å². The van der Waals surface area contributed by atoms with Gasteiger partial charge in [-0.25, -0.2) is 0 Å². The SMILES string of the molecule is NC(=O)CN(Cc1ccncc1)Cc1ccccc1N. The van der Waals surface area contributed by atoms with Crippen molar-refractivity contribution in [2.75, 3.05) is 12.3 Å². The van der Waals surface area contributed by atoms with Crippen molar-refractivity contribution in [2.24, 2.45) is 5.73 Å². The smallest absolute Gasteiger partial charge is 0.231 e. The van der Waals surface area contributed by atoms with Gasteiger partial charge in [-0.2, -0.15) is 0 Å². The Balaban J connectivity index is 2.12. The standard InChI is InChI=1S/C15H18N4O/c16-14-4-2-1-3-13(14)10-19(11-15(17)20)9-12-5-7-18-8-6-12/h1-8H,9-11,16H2,(H2,17,20). The monoisotopic (exact) mass is 270 g/mol. The van der Waals surface area contributed by atoms with Crippen molar-refractivity contribution in [3.63, 3.8) is 0 Å². The van der Waals surface area contributed by atoms with Crippen molar-refractivity contribution in [1.29, 1.82) is 0 Å². The summed E-state index contributed by atoms with van der Waals surface area (Å²) in [7, 11) is 0. The van der Waals surface area contributed by atoms with Crippen LogP contribution < -0.4 is 11.5 Å². The van der Waals surface area contributed by atoms with Gasteiger partial charge in [0, 0.05) is 31.2 Å². The maximum absolute atomic E-state index is 11.2. The van der Waals surface area contributed by atoms with Crippen LogP contribution in [0.4, 0.5) is 5.69 Å². The number of nitrogen functional groups attached to an aromatic ring is 1. The molecule has 0 unspecified atom stereocenters. The number of amides is 1. The quantitative estimate of drug-likeness (QED) is 0.771. The van der Waals surface area contributed by atoms with Crippen LogP contribution in [-0.4, -0.2) is 22.3 Å². The normalized spacial score (nSPS) is 10.7. The molecule has 5 heteroatoms. The molecule has 0 aliphatic rings. The van der Waals surface area contributed by atoms with E-state index in [1.165, 1.54) is 0 Å². The van der Waals surface area contributed by atoms with Gasteiger partial charge in [-0.15, -0.1) is 0 Å². The Morgan fingerprint density at radius 2 is 1.80 bits per heavy atom. The molecule has 0 saturated heterocycles. The van der Waals surface area contributed by atoms with Crippen LogP contribution in [0.15, 0.2) is 48.8 Å². The number of aromatic nitrogens is 1. The summed E-state index contributed by atoms with van der Waals surface area (Å²) < 4.78 is 0. The van der Waals surface area contributed by atoms with E-state index in [1.54, 1.807) is 12.4 Å². The molecule has 0 bridgehead atoms. The van der Waals surface area contributed by atoms with Gasteiger partial charge in [-0.1, -0.05) is 18.2 Å². The molecular weight excluding hydrogens is 252 g/mol. The fraction of sp³-hybridized carbons (Fsp3) is 0.200. The predicted molar refractivity (Wildman–Crippen MR) is 78.4 cm³/mol. The first-order valence-corrected chi connectivity index (χ1v) is 6.38. The highest BCUT2D eigenvalue weighted by Gasteiger charge is 2.11. The third kappa shape index (κ3) is 4.07. The van der Waals surface area contributed by atoms with E-state index in [1.807, 2.05) is 41.3 Å². The lowest BCUT2D eigenvalue weighted by Gasteiger charge is -2.21. The van der Waals surface area contributed by atoms with E-state index in [4.69, 9.17) is 11.5 Å². The van der Waals surface area contributed by atoms with Crippen LogP contribution in [-0.2, 0) is 17.9 Å². The van der Waals surface area contributed by atoms with Crippen molar-refractivity contribution in [3.05, 3.63) is 59.9 Å². The molecular formula is C15H18N4O. The number of para-hydroxylation sites is 1. The zero-order valence-corrected chi connectivity index (χ0v) is 11.2. The molecule has 0 aliphatic carbocycles. The lowest BCUT2D eigenvalue weighted by Crippen LogP contribution is -2.33. The number of carbonyl (C=O) groups excluding carboxylic acids is 1. The molecule has 1 aromatic carbocycles. The molecule has 0 spiro atoms. The van der Waals surface area contributed by atoms with Gasteiger partial charge in [-0.05, 0) is 29.3 Å². The fourth-order valence-electron chi connectivity index (χ4n) is 2.05. The minimum Gasteiger partial charge on any atom is -0.398 e. The van der Waals surface area contributed by atoms with E-state index in [0.717, 1.165) is 16.8 Å². The van der Waals surface area contributed by atoms with Crippen LogP contribution in [0.2, 0.25) is 0 Å². The molecule has 1 heterocycles. The second-order valence-corrected chi connectivity index (χ2v) is 4.67. The van der Waals surface area contributed by atoms with Crippen LogP contribution in [0.3, 0.4) is 0 Å².